The molecule has 2 fully saturated rings. The number of carbonyl (C=O) groups is 4. The number of anilines is 1. The fraction of sp³-hybridized carbons (Fsp3) is 0.154. The van der Waals surface area contributed by atoms with Gasteiger partial charge >= 0.3 is 0 Å². The molecular formula is C26H15BrINO5. The average Bonchev–Trinajstić information content (AvgIpc) is 3.40. The van der Waals surface area contributed by atoms with Crippen molar-refractivity contribution in [1.82, 2.24) is 0 Å². The predicted octanol–water partition coefficient (Wildman–Crippen LogP) is 4.75. The van der Waals surface area contributed by atoms with Gasteiger partial charge < -0.3 is 4.74 Å². The number of benzene rings is 3. The number of nitrogens with zero attached hydrogens (tertiary/aromatic N) is 1. The van der Waals surface area contributed by atoms with Crippen molar-refractivity contribution >= 4 is 67.6 Å². The number of Topliss-reactive ketones (excluding diaryl/α,β-unsaturated/α-hetero) is 2. The van der Waals surface area contributed by atoms with E-state index in [1.165, 1.54) is 0 Å². The smallest absolute Gasteiger partial charge is 0.241 e. The highest BCUT2D eigenvalue weighted by atomic mass is 127. The monoisotopic (exact) mass is 627 g/mol. The highest BCUT2D eigenvalue weighted by Crippen LogP contribution is 2.57. The average molecular weight is 628 g/mol. The molecule has 2 aliphatic heterocycles. The van der Waals surface area contributed by atoms with Crippen molar-refractivity contribution in [3.8, 4) is 0 Å². The minimum atomic E-state index is -2.06. The third-order valence-corrected chi connectivity index (χ3v) is 8.05. The molecule has 0 N–H and O–H groups in total. The molecule has 1 aliphatic carbocycles. The Labute approximate surface area is 216 Å². The van der Waals surface area contributed by atoms with Gasteiger partial charge in [0.05, 0.1) is 23.6 Å². The second-order valence-corrected chi connectivity index (χ2v) is 10.7. The van der Waals surface area contributed by atoms with Crippen molar-refractivity contribution in [2.45, 2.75) is 11.7 Å². The molecule has 2 saturated heterocycles. The number of hydrogen-bond donors (Lipinski definition) is 0. The van der Waals surface area contributed by atoms with Gasteiger partial charge in [-0.05, 0) is 64.6 Å². The molecule has 1 spiro atoms. The SMILES string of the molecule is O=C1[C@@H]2[C@@H](c3ccc(Br)cc3)OC3(C(=O)c4ccccc4C3=O)[C@@H]2C(=O)N1c1ccc(I)cc1. The summed E-state index contributed by atoms with van der Waals surface area (Å²) in [6.07, 6.45) is -0.925. The molecule has 3 aromatic rings. The lowest BCUT2D eigenvalue weighted by molar-refractivity contribution is -0.127. The Morgan fingerprint density at radius 2 is 1.38 bits per heavy atom. The van der Waals surface area contributed by atoms with Crippen LogP contribution in [0.25, 0.3) is 0 Å². The highest BCUT2D eigenvalue weighted by Gasteiger charge is 2.74. The topological polar surface area (TPSA) is 80.8 Å². The number of halogens is 2. The zero-order valence-electron chi connectivity index (χ0n) is 17.4. The van der Waals surface area contributed by atoms with E-state index < -0.39 is 46.9 Å². The van der Waals surface area contributed by atoms with Gasteiger partial charge in [0.25, 0.3) is 0 Å². The van der Waals surface area contributed by atoms with Crippen LogP contribution in [-0.2, 0) is 14.3 Å². The lowest BCUT2D eigenvalue weighted by Gasteiger charge is -2.27. The van der Waals surface area contributed by atoms with E-state index in [1.54, 1.807) is 72.8 Å². The third-order valence-electron chi connectivity index (χ3n) is 6.80. The van der Waals surface area contributed by atoms with Crippen LogP contribution in [-0.4, -0.2) is 29.0 Å². The molecule has 168 valence electrons. The maximum atomic E-state index is 13.8. The molecule has 8 heteroatoms. The van der Waals surface area contributed by atoms with Crippen molar-refractivity contribution < 1.29 is 23.9 Å². The van der Waals surface area contributed by atoms with Gasteiger partial charge in [0.15, 0.2) is 0 Å². The van der Waals surface area contributed by atoms with E-state index in [-0.39, 0.29) is 11.1 Å². The summed E-state index contributed by atoms with van der Waals surface area (Å²) >= 11 is 5.54. The lowest BCUT2D eigenvalue weighted by atomic mass is 9.77. The van der Waals surface area contributed by atoms with Gasteiger partial charge in [-0.1, -0.05) is 52.3 Å². The van der Waals surface area contributed by atoms with Crippen LogP contribution < -0.4 is 4.90 Å². The van der Waals surface area contributed by atoms with E-state index in [4.69, 9.17) is 4.74 Å². The van der Waals surface area contributed by atoms with E-state index in [0.717, 1.165) is 12.9 Å². The van der Waals surface area contributed by atoms with Gasteiger partial charge in [0.2, 0.25) is 29.0 Å². The Morgan fingerprint density at radius 3 is 1.97 bits per heavy atom. The van der Waals surface area contributed by atoms with Crippen LogP contribution >= 0.6 is 38.5 Å². The molecule has 2 amide bonds. The standard InChI is InChI=1S/C26H15BrINO5/c27-14-7-5-13(6-8-14)21-19-20(25(33)29(24(19)32)16-11-9-15(28)10-12-16)26(34-21)22(30)17-3-1-2-4-18(17)23(26)31/h1-12,19-21H/t19-,20-,21+/m0/s1. The van der Waals surface area contributed by atoms with Crippen LogP contribution in [0.1, 0.15) is 32.4 Å². The van der Waals surface area contributed by atoms with Crippen molar-refractivity contribution in [2.24, 2.45) is 11.8 Å². The molecule has 6 rings (SSSR count). The first-order valence-electron chi connectivity index (χ1n) is 10.6. The number of rotatable bonds is 2. The predicted molar refractivity (Wildman–Crippen MR) is 134 cm³/mol. The zero-order chi connectivity index (χ0) is 23.8. The van der Waals surface area contributed by atoms with E-state index >= 15 is 0 Å². The molecule has 0 aromatic heterocycles. The van der Waals surface area contributed by atoms with Gasteiger partial charge in [0.1, 0.15) is 0 Å². The summed E-state index contributed by atoms with van der Waals surface area (Å²) < 4.78 is 8.05. The second kappa shape index (κ2) is 7.66. The van der Waals surface area contributed by atoms with E-state index in [1.807, 2.05) is 0 Å². The molecule has 0 saturated carbocycles. The van der Waals surface area contributed by atoms with Crippen LogP contribution in [0.5, 0.6) is 0 Å². The number of carbonyl (C=O) groups excluding carboxylic acids is 4. The van der Waals surface area contributed by atoms with Crippen LogP contribution in [0.3, 0.4) is 0 Å². The highest BCUT2D eigenvalue weighted by molar-refractivity contribution is 14.1. The first kappa shape index (κ1) is 21.8. The Hall–Kier alpha value is -2.69. The fourth-order valence-electron chi connectivity index (χ4n) is 5.32. The number of ether oxygens (including phenoxy) is 1. The quantitative estimate of drug-likeness (QED) is 0.233. The molecule has 3 atom stereocenters. The number of amides is 2. The van der Waals surface area contributed by atoms with Crippen LogP contribution in [0.15, 0.2) is 77.3 Å². The van der Waals surface area contributed by atoms with Crippen LogP contribution in [0, 0.1) is 15.4 Å². The maximum Gasteiger partial charge on any atom is 0.241 e. The van der Waals surface area contributed by atoms with Crippen LogP contribution in [0.2, 0.25) is 0 Å². The van der Waals surface area contributed by atoms with E-state index in [0.29, 0.717) is 11.3 Å². The van der Waals surface area contributed by atoms with E-state index in [2.05, 4.69) is 38.5 Å². The maximum absolute atomic E-state index is 13.8. The molecule has 0 radical (unpaired) electrons. The summed E-state index contributed by atoms with van der Waals surface area (Å²) in [4.78, 5) is 56.1. The second-order valence-electron chi connectivity index (χ2n) is 8.52. The van der Waals surface area contributed by atoms with Crippen molar-refractivity contribution in [3.05, 3.63) is 97.5 Å². The minimum absolute atomic E-state index is 0.218. The first-order valence-corrected chi connectivity index (χ1v) is 12.5. The number of hydrogen-bond acceptors (Lipinski definition) is 5. The summed E-state index contributed by atoms with van der Waals surface area (Å²) in [5.41, 5.74) is -0.593. The lowest BCUT2D eigenvalue weighted by Crippen LogP contribution is -2.51. The van der Waals surface area contributed by atoms with Crippen LogP contribution in [0.4, 0.5) is 5.69 Å². The number of fused-ring (bicyclic) bond motifs is 3. The normalized spacial score (nSPS) is 24.8. The summed E-state index contributed by atoms with van der Waals surface area (Å²) in [6, 6.07) is 20.6. The molecular weight excluding hydrogens is 613 g/mol. The largest absolute Gasteiger partial charge is 0.349 e. The molecule has 2 heterocycles. The summed E-state index contributed by atoms with van der Waals surface area (Å²) in [6.45, 7) is 0. The third kappa shape index (κ3) is 2.82. The van der Waals surface area contributed by atoms with Gasteiger partial charge in [-0.2, -0.15) is 0 Å². The fourth-order valence-corrected chi connectivity index (χ4v) is 5.94. The molecule has 0 bridgehead atoms. The van der Waals surface area contributed by atoms with Gasteiger partial charge in [-0.3, -0.25) is 19.2 Å². The number of imide groups is 1. The Bertz CT molecular complexity index is 1370. The molecule has 0 unspecified atom stereocenters. The summed E-state index contributed by atoms with van der Waals surface area (Å²) in [5, 5.41) is 0. The molecule has 6 nitrogen and oxygen atoms in total. The molecule has 3 aromatic carbocycles. The molecule has 34 heavy (non-hydrogen) atoms. The Morgan fingerprint density at radius 1 is 0.794 bits per heavy atom. The van der Waals surface area contributed by atoms with Gasteiger partial charge in [-0.15, -0.1) is 0 Å². The first-order chi connectivity index (χ1) is 16.3. The van der Waals surface area contributed by atoms with Gasteiger partial charge in [0, 0.05) is 19.2 Å². The molecule has 3 aliphatic rings. The van der Waals surface area contributed by atoms with Crippen molar-refractivity contribution in [3.63, 3.8) is 0 Å². The zero-order valence-corrected chi connectivity index (χ0v) is 21.1. The minimum Gasteiger partial charge on any atom is -0.349 e. The summed E-state index contributed by atoms with van der Waals surface area (Å²) in [5.74, 6) is -4.44. The Balaban J connectivity index is 1.54. The van der Waals surface area contributed by atoms with Crippen molar-refractivity contribution in [1.29, 1.82) is 0 Å². The van der Waals surface area contributed by atoms with Crippen molar-refractivity contribution in [2.75, 3.05) is 4.90 Å². The number of ketones is 2. The summed E-state index contributed by atoms with van der Waals surface area (Å²) in [7, 11) is 0. The van der Waals surface area contributed by atoms with Gasteiger partial charge in [-0.25, -0.2) is 4.90 Å². The Kier molecular flexibility index (Phi) is 4.91. The van der Waals surface area contributed by atoms with E-state index in [9.17, 15) is 19.2 Å².